The lowest BCUT2D eigenvalue weighted by Crippen LogP contribution is -2.25. The molecule has 2 N–H and O–H groups in total. The van der Waals surface area contributed by atoms with Crippen molar-refractivity contribution in [2.24, 2.45) is 0 Å². The maximum Gasteiger partial charge on any atom is 0.220 e. The molecule has 0 spiro atoms. The van der Waals surface area contributed by atoms with Gasteiger partial charge in [-0.15, -0.1) is 0 Å². The van der Waals surface area contributed by atoms with Crippen LogP contribution in [0.5, 0.6) is 0 Å². The van der Waals surface area contributed by atoms with E-state index >= 15 is 0 Å². The molecule has 4 nitrogen and oxygen atoms in total. The summed E-state index contributed by atoms with van der Waals surface area (Å²) in [5, 5.41) is 6.92. The van der Waals surface area contributed by atoms with Crippen molar-refractivity contribution in [2.45, 2.75) is 31.7 Å². The van der Waals surface area contributed by atoms with E-state index in [0.717, 1.165) is 12.8 Å². The zero-order chi connectivity index (χ0) is 13.8. The Hall–Kier alpha value is -0.710. The average Bonchev–Trinajstić information content (AvgIpc) is 3.14. The smallest absolute Gasteiger partial charge is 0.220 e. The molecule has 0 aliphatic heterocycles. The second-order valence-corrected chi connectivity index (χ2v) is 5.64. The summed E-state index contributed by atoms with van der Waals surface area (Å²) in [5.74, 6) is 0.580. The predicted octanol–water partition coefficient (Wildman–Crippen LogP) is 3.51. The highest BCUT2D eigenvalue weighted by Gasteiger charge is 2.22. The van der Waals surface area contributed by atoms with Crippen LogP contribution in [0.15, 0.2) is 6.07 Å². The van der Waals surface area contributed by atoms with Crippen molar-refractivity contribution in [2.75, 3.05) is 11.9 Å². The van der Waals surface area contributed by atoms with E-state index in [0.29, 0.717) is 41.3 Å². The zero-order valence-corrected chi connectivity index (χ0v) is 12.4. The fraction of sp³-hybridized carbons (Fsp3) is 0.500. The first-order valence-corrected chi connectivity index (χ1v) is 7.24. The van der Waals surface area contributed by atoms with E-state index in [2.05, 4.69) is 15.6 Å². The average molecular weight is 323 g/mol. The molecular formula is C12H14Cl3N3O. The number of halogens is 3. The van der Waals surface area contributed by atoms with Crippen molar-refractivity contribution in [1.29, 1.82) is 0 Å². The van der Waals surface area contributed by atoms with Crippen LogP contribution in [0.3, 0.4) is 0 Å². The summed E-state index contributed by atoms with van der Waals surface area (Å²) >= 11 is 17.6. The molecular weight excluding hydrogens is 309 g/mol. The largest absolute Gasteiger partial charge is 0.369 e. The van der Waals surface area contributed by atoms with Gasteiger partial charge in [0.2, 0.25) is 5.91 Å². The molecule has 104 valence electrons. The fourth-order valence-electron chi connectivity index (χ4n) is 1.55. The van der Waals surface area contributed by atoms with Gasteiger partial charge in [-0.3, -0.25) is 4.79 Å². The molecule has 0 saturated heterocycles. The number of anilines is 1. The minimum atomic E-state index is 0.0949. The van der Waals surface area contributed by atoms with Gasteiger partial charge in [0.05, 0.1) is 10.0 Å². The molecule has 2 rings (SSSR count). The Labute approximate surface area is 126 Å². The number of rotatable bonds is 6. The number of nitrogens with zero attached hydrogens (tertiary/aromatic N) is 1. The lowest BCUT2D eigenvalue weighted by atomic mass is 10.3. The Morgan fingerprint density at radius 2 is 2.05 bits per heavy atom. The van der Waals surface area contributed by atoms with Crippen molar-refractivity contribution >= 4 is 46.5 Å². The Morgan fingerprint density at radius 1 is 1.32 bits per heavy atom. The minimum Gasteiger partial charge on any atom is -0.369 e. The molecule has 1 saturated carbocycles. The number of carbonyl (C=O) groups excluding carboxylic acids is 1. The quantitative estimate of drug-likeness (QED) is 0.622. The maximum atomic E-state index is 11.5. The second kappa shape index (κ2) is 6.64. The Balaban J connectivity index is 1.72. The van der Waals surface area contributed by atoms with Crippen LogP contribution in [-0.4, -0.2) is 23.5 Å². The van der Waals surface area contributed by atoms with E-state index in [-0.39, 0.29) is 11.1 Å². The van der Waals surface area contributed by atoms with Gasteiger partial charge in [0.25, 0.3) is 0 Å². The Kier molecular flexibility index (Phi) is 5.13. The maximum absolute atomic E-state index is 11.5. The van der Waals surface area contributed by atoms with Crippen LogP contribution < -0.4 is 10.6 Å². The second-order valence-electron chi connectivity index (χ2n) is 4.46. The molecule has 1 heterocycles. The molecule has 0 radical (unpaired) electrons. The SMILES string of the molecule is O=C(CCCNc1nc(Cl)c(Cl)cc1Cl)NC1CC1. The van der Waals surface area contributed by atoms with Crippen LogP contribution >= 0.6 is 34.8 Å². The number of aromatic nitrogens is 1. The van der Waals surface area contributed by atoms with Crippen molar-refractivity contribution < 1.29 is 4.79 Å². The third kappa shape index (κ3) is 4.71. The fourth-order valence-corrected chi connectivity index (χ4v) is 2.12. The predicted molar refractivity (Wildman–Crippen MR) is 78.2 cm³/mol. The molecule has 1 aromatic rings. The van der Waals surface area contributed by atoms with Crippen molar-refractivity contribution in [3.8, 4) is 0 Å². The number of carbonyl (C=O) groups is 1. The highest BCUT2D eigenvalue weighted by molar-refractivity contribution is 6.42. The first-order chi connectivity index (χ1) is 9.06. The zero-order valence-electron chi connectivity index (χ0n) is 10.2. The minimum absolute atomic E-state index is 0.0949. The summed E-state index contributed by atoms with van der Waals surface area (Å²) < 4.78 is 0. The van der Waals surface area contributed by atoms with Crippen LogP contribution in [0, 0.1) is 0 Å². The molecule has 0 atom stereocenters. The van der Waals surface area contributed by atoms with E-state index in [9.17, 15) is 4.79 Å². The standard InChI is InChI=1S/C12H14Cl3N3O/c13-8-6-9(14)12(18-11(8)15)16-5-1-2-10(19)17-7-3-4-7/h6-7H,1-5H2,(H,16,18)(H,17,19). The van der Waals surface area contributed by atoms with Gasteiger partial charge >= 0.3 is 0 Å². The van der Waals surface area contributed by atoms with Gasteiger partial charge in [-0.05, 0) is 25.3 Å². The van der Waals surface area contributed by atoms with E-state index in [1.165, 1.54) is 0 Å². The highest BCUT2D eigenvalue weighted by Crippen LogP contribution is 2.28. The van der Waals surface area contributed by atoms with Gasteiger partial charge in [0.1, 0.15) is 11.0 Å². The van der Waals surface area contributed by atoms with Gasteiger partial charge in [0.15, 0.2) is 0 Å². The molecule has 1 fully saturated rings. The summed E-state index contributed by atoms with van der Waals surface area (Å²) in [6.07, 6.45) is 3.40. The van der Waals surface area contributed by atoms with Crippen molar-refractivity contribution in [3.05, 3.63) is 21.3 Å². The van der Waals surface area contributed by atoms with E-state index in [1.54, 1.807) is 6.07 Å². The van der Waals surface area contributed by atoms with E-state index < -0.39 is 0 Å². The number of nitrogens with one attached hydrogen (secondary N) is 2. The third-order valence-corrected chi connectivity index (χ3v) is 3.66. The highest BCUT2D eigenvalue weighted by atomic mass is 35.5. The molecule has 1 amide bonds. The molecule has 1 aliphatic rings. The number of amides is 1. The number of pyridine rings is 1. The normalized spacial score (nSPS) is 14.3. The third-order valence-electron chi connectivity index (χ3n) is 2.70. The van der Waals surface area contributed by atoms with Crippen molar-refractivity contribution in [3.63, 3.8) is 0 Å². The van der Waals surface area contributed by atoms with E-state index in [1.807, 2.05) is 0 Å². The first kappa shape index (κ1) is 14.7. The van der Waals surface area contributed by atoms with Crippen molar-refractivity contribution in [1.82, 2.24) is 10.3 Å². The topological polar surface area (TPSA) is 54.0 Å². The first-order valence-electron chi connectivity index (χ1n) is 6.11. The van der Waals surface area contributed by atoms with Gasteiger partial charge in [-0.25, -0.2) is 4.98 Å². The molecule has 0 unspecified atom stereocenters. The summed E-state index contributed by atoms with van der Waals surface area (Å²) in [4.78, 5) is 15.5. The van der Waals surface area contributed by atoms with Crippen LogP contribution in [0.25, 0.3) is 0 Å². The lowest BCUT2D eigenvalue weighted by molar-refractivity contribution is -0.121. The number of hydrogen-bond donors (Lipinski definition) is 2. The van der Waals surface area contributed by atoms with Gasteiger partial charge in [0, 0.05) is 19.0 Å². The van der Waals surface area contributed by atoms with Gasteiger partial charge < -0.3 is 10.6 Å². The van der Waals surface area contributed by atoms with E-state index in [4.69, 9.17) is 34.8 Å². The summed E-state index contributed by atoms with van der Waals surface area (Å²) in [5.41, 5.74) is 0. The number of hydrogen-bond acceptors (Lipinski definition) is 3. The molecule has 0 bridgehead atoms. The molecule has 1 aromatic heterocycles. The summed E-state index contributed by atoms with van der Waals surface area (Å²) in [6, 6.07) is 1.95. The Morgan fingerprint density at radius 3 is 2.74 bits per heavy atom. The summed E-state index contributed by atoms with van der Waals surface area (Å²) in [7, 11) is 0. The molecule has 0 aromatic carbocycles. The van der Waals surface area contributed by atoms with Gasteiger partial charge in [-0.1, -0.05) is 34.8 Å². The van der Waals surface area contributed by atoms with Crippen LogP contribution in [0.2, 0.25) is 15.2 Å². The molecule has 7 heteroatoms. The molecule has 1 aliphatic carbocycles. The summed E-state index contributed by atoms with van der Waals surface area (Å²) in [6.45, 7) is 0.600. The van der Waals surface area contributed by atoms with Crippen LogP contribution in [0.4, 0.5) is 5.82 Å². The monoisotopic (exact) mass is 321 g/mol. The molecule has 19 heavy (non-hydrogen) atoms. The van der Waals surface area contributed by atoms with Gasteiger partial charge in [-0.2, -0.15) is 0 Å². The Bertz CT molecular complexity index is 478. The van der Waals surface area contributed by atoms with Crippen LogP contribution in [-0.2, 0) is 4.79 Å². The van der Waals surface area contributed by atoms with Crippen LogP contribution in [0.1, 0.15) is 25.7 Å². The lowest BCUT2D eigenvalue weighted by Gasteiger charge is -2.08.